The Hall–Kier alpha value is -3.22. The Bertz CT molecular complexity index is 1040. The first kappa shape index (κ1) is 19.1. The molecule has 0 saturated heterocycles. The van der Waals surface area contributed by atoms with E-state index >= 15 is 0 Å². The molecule has 2 aromatic carbocycles. The van der Waals surface area contributed by atoms with E-state index in [1.807, 2.05) is 36.4 Å². The molecule has 0 saturated carbocycles. The number of nitrogens with zero attached hydrogens (tertiary/aromatic N) is 2. The molecule has 2 aromatic heterocycles. The van der Waals surface area contributed by atoms with E-state index < -0.39 is 0 Å². The molecule has 4 N–H and O–H groups in total. The topological polar surface area (TPSA) is 90.3 Å². The minimum absolute atomic E-state index is 0.213. The van der Waals surface area contributed by atoms with E-state index in [4.69, 9.17) is 0 Å². The Kier molecular flexibility index (Phi) is 5.84. The number of aromatic hydroxyl groups is 2. The Balaban J connectivity index is 1.25. The van der Waals surface area contributed by atoms with Crippen LogP contribution in [0.5, 0.6) is 11.5 Å². The Morgan fingerprint density at radius 1 is 0.655 bits per heavy atom. The summed E-state index contributed by atoms with van der Waals surface area (Å²) in [5.41, 5.74) is 3.54. The average Bonchev–Trinajstić information content (AvgIpc) is 2.76. The number of aromatic nitrogens is 2. The predicted molar refractivity (Wildman–Crippen MR) is 115 cm³/mol. The van der Waals surface area contributed by atoms with Crippen LogP contribution in [0.1, 0.15) is 17.5 Å². The SMILES string of the molecule is Oc1ccc(CNCCCNCc2ccc(O)c3ncccc23)c2cccnc12. The fourth-order valence-corrected chi connectivity index (χ4v) is 3.53. The number of phenolic OH excluding ortho intramolecular Hbond substituents is 2. The van der Waals surface area contributed by atoms with Crippen LogP contribution in [0.15, 0.2) is 60.9 Å². The first-order valence-electron chi connectivity index (χ1n) is 9.76. The molecule has 0 spiro atoms. The zero-order valence-corrected chi connectivity index (χ0v) is 16.1. The quantitative estimate of drug-likeness (QED) is 0.346. The minimum atomic E-state index is 0.213. The molecule has 29 heavy (non-hydrogen) atoms. The summed E-state index contributed by atoms with van der Waals surface area (Å²) in [5, 5.41) is 28.7. The van der Waals surface area contributed by atoms with E-state index in [1.54, 1.807) is 24.5 Å². The van der Waals surface area contributed by atoms with Crippen molar-refractivity contribution >= 4 is 21.8 Å². The minimum Gasteiger partial charge on any atom is -0.506 e. The normalized spacial score (nSPS) is 11.3. The van der Waals surface area contributed by atoms with Crippen LogP contribution >= 0.6 is 0 Å². The molecule has 0 radical (unpaired) electrons. The highest BCUT2D eigenvalue weighted by Crippen LogP contribution is 2.26. The molecule has 0 aliphatic heterocycles. The van der Waals surface area contributed by atoms with Crippen LogP contribution in [0.4, 0.5) is 0 Å². The van der Waals surface area contributed by atoms with Gasteiger partial charge in [0.1, 0.15) is 22.5 Å². The summed E-state index contributed by atoms with van der Waals surface area (Å²) in [6, 6.07) is 15.0. The molecule has 4 rings (SSSR count). The average molecular weight is 388 g/mol. The lowest BCUT2D eigenvalue weighted by atomic mass is 10.1. The number of pyridine rings is 2. The van der Waals surface area contributed by atoms with Crippen molar-refractivity contribution in [3.05, 3.63) is 72.1 Å². The molecule has 6 nitrogen and oxygen atoms in total. The number of rotatable bonds is 8. The van der Waals surface area contributed by atoms with Crippen LogP contribution in [-0.4, -0.2) is 33.3 Å². The maximum absolute atomic E-state index is 9.93. The monoisotopic (exact) mass is 388 g/mol. The van der Waals surface area contributed by atoms with Gasteiger partial charge in [0.05, 0.1) is 0 Å². The lowest BCUT2D eigenvalue weighted by Gasteiger charge is -2.10. The molecule has 0 atom stereocenters. The van der Waals surface area contributed by atoms with Gasteiger partial charge in [-0.05, 0) is 54.9 Å². The van der Waals surface area contributed by atoms with Crippen molar-refractivity contribution in [2.45, 2.75) is 19.5 Å². The third kappa shape index (κ3) is 4.29. The highest BCUT2D eigenvalue weighted by Gasteiger charge is 2.07. The number of phenols is 2. The highest BCUT2D eigenvalue weighted by atomic mass is 16.3. The van der Waals surface area contributed by atoms with Crippen LogP contribution in [0.25, 0.3) is 21.8 Å². The molecule has 2 heterocycles. The lowest BCUT2D eigenvalue weighted by molar-refractivity contribution is 0.479. The fourth-order valence-electron chi connectivity index (χ4n) is 3.53. The van der Waals surface area contributed by atoms with E-state index in [2.05, 4.69) is 20.6 Å². The van der Waals surface area contributed by atoms with Gasteiger partial charge in [-0.25, -0.2) is 0 Å². The Labute approximate surface area is 169 Å². The zero-order chi connectivity index (χ0) is 20.1. The number of hydrogen-bond donors (Lipinski definition) is 4. The zero-order valence-electron chi connectivity index (χ0n) is 16.1. The summed E-state index contributed by atoms with van der Waals surface area (Å²) in [6.45, 7) is 3.23. The summed E-state index contributed by atoms with van der Waals surface area (Å²) in [5.74, 6) is 0.427. The van der Waals surface area contributed by atoms with Crippen LogP contribution in [0.2, 0.25) is 0 Å². The van der Waals surface area contributed by atoms with Gasteiger partial charge < -0.3 is 20.8 Å². The van der Waals surface area contributed by atoms with Gasteiger partial charge in [0.2, 0.25) is 0 Å². The summed E-state index contributed by atoms with van der Waals surface area (Å²) in [4.78, 5) is 8.52. The molecule has 0 fully saturated rings. The number of benzene rings is 2. The van der Waals surface area contributed by atoms with Gasteiger partial charge in [-0.3, -0.25) is 9.97 Å². The molecule has 0 aliphatic carbocycles. The summed E-state index contributed by atoms with van der Waals surface area (Å²) < 4.78 is 0. The molecule has 6 heteroatoms. The van der Waals surface area contributed by atoms with Crippen LogP contribution in [0.3, 0.4) is 0 Å². The van der Waals surface area contributed by atoms with E-state index in [1.165, 1.54) is 0 Å². The van der Waals surface area contributed by atoms with Gasteiger partial charge in [0, 0.05) is 36.3 Å². The van der Waals surface area contributed by atoms with Gasteiger partial charge in [0.15, 0.2) is 0 Å². The van der Waals surface area contributed by atoms with E-state index in [0.717, 1.165) is 54.5 Å². The van der Waals surface area contributed by atoms with Gasteiger partial charge in [-0.2, -0.15) is 0 Å². The van der Waals surface area contributed by atoms with Crippen molar-refractivity contribution in [2.24, 2.45) is 0 Å². The Morgan fingerprint density at radius 2 is 1.14 bits per heavy atom. The third-order valence-electron chi connectivity index (χ3n) is 5.02. The Morgan fingerprint density at radius 3 is 1.62 bits per heavy atom. The van der Waals surface area contributed by atoms with Crippen molar-refractivity contribution in [1.29, 1.82) is 0 Å². The summed E-state index contributed by atoms with van der Waals surface area (Å²) >= 11 is 0. The van der Waals surface area contributed by atoms with Crippen LogP contribution in [-0.2, 0) is 13.1 Å². The lowest BCUT2D eigenvalue weighted by Crippen LogP contribution is -2.21. The third-order valence-corrected chi connectivity index (χ3v) is 5.02. The van der Waals surface area contributed by atoms with Gasteiger partial charge >= 0.3 is 0 Å². The van der Waals surface area contributed by atoms with Crippen LogP contribution in [0, 0.1) is 0 Å². The van der Waals surface area contributed by atoms with E-state index in [0.29, 0.717) is 11.0 Å². The summed E-state index contributed by atoms with van der Waals surface area (Å²) in [7, 11) is 0. The van der Waals surface area contributed by atoms with E-state index in [-0.39, 0.29) is 11.5 Å². The maximum Gasteiger partial charge on any atom is 0.141 e. The first-order chi connectivity index (χ1) is 14.2. The van der Waals surface area contributed by atoms with Gasteiger partial charge in [0.25, 0.3) is 0 Å². The van der Waals surface area contributed by atoms with Crippen LogP contribution < -0.4 is 10.6 Å². The second kappa shape index (κ2) is 8.86. The van der Waals surface area contributed by atoms with Crippen molar-refractivity contribution in [2.75, 3.05) is 13.1 Å². The highest BCUT2D eigenvalue weighted by molar-refractivity contribution is 5.87. The molecule has 4 aromatic rings. The van der Waals surface area contributed by atoms with Crippen molar-refractivity contribution in [3.63, 3.8) is 0 Å². The number of hydrogen-bond acceptors (Lipinski definition) is 6. The van der Waals surface area contributed by atoms with E-state index in [9.17, 15) is 10.2 Å². The molecular formula is C23H24N4O2. The molecule has 148 valence electrons. The number of fused-ring (bicyclic) bond motifs is 2. The fraction of sp³-hybridized carbons (Fsp3) is 0.217. The smallest absolute Gasteiger partial charge is 0.141 e. The molecule has 0 unspecified atom stereocenters. The molecule has 0 bridgehead atoms. The summed E-state index contributed by atoms with van der Waals surface area (Å²) in [6.07, 6.45) is 4.37. The maximum atomic E-state index is 9.93. The standard InChI is InChI=1S/C23H24N4O2/c28-20-8-6-16(18-4-1-12-26-22(18)20)14-24-10-3-11-25-15-17-7-9-21(29)23-19(17)5-2-13-27-23/h1-2,4-9,12-13,24-25,28-29H,3,10-11,14-15H2. The van der Waals surface area contributed by atoms with Crippen molar-refractivity contribution in [1.82, 2.24) is 20.6 Å². The van der Waals surface area contributed by atoms with Crippen molar-refractivity contribution < 1.29 is 10.2 Å². The predicted octanol–water partition coefficient (Wildman–Crippen LogP) is 3.46. The van der Waals surface area contributed by atoms with Crippen molar-refractivity contribution in [3.8, 4) is 11.5 Å². The number of nitrogens with one attached hydrogen (secondary N) is 2. The molecular weight excluding hydrogens is 364 g/mol. The van der Waals surface area contributed by atoms with Gasteiger partial charge in [-0.15, -0.1) is 0 Å². The molecule has 0 aliphatic rings. The second-order valence-electron chi connectivity index (χ2n) is 6.99. The molecule has 0 amide bonds. The largest absolute Gasteiger partial charge is 0.506 e. The second-order valence-corrected chi connectivity index (χ2v) is 6.99. The van der Waals surface area contributed by atoms with Gasteiger partial charge in [-0.1, -0.05) is 24.3 Å². The first-order valence-corrected chi connectivity index (χ1v) is 9.76.